The monoisotopic (exact) mass is 378 g/mol. The summed E-state index contributed by atoms with van der Waals surface area (Å²) in [6.07, 6.45) is 0.438. The normalized spacial score (nSPS) is 10.7. The van der Waals surface area contributed by atoms with Crippen molar-refractivity contribution in [1.82, 2.24) is 9.55 Å². The summed E-state index contributed by atoms with van der Waals surface area (Å²) < 4.78 is 11.3. The van der Waals surface area contributed by atoms with Crippen LogP contribution in [-0.2, 0) is 18.2 Å². The molecule has 2 aromatic carbocycles. The van der Waals surface area contributed by atoms with E-state index in [1.807, 2.05) is 60.7 Å². The fourth-order valence-corrected chi connectivity index (χ4v) is 3.21. The third kappa shape index (κ3) is 3.81. The van der Waals surface area contributed by atoms with E-state index in [-0.39, 0.29) is 17.4 Å². The van der Waals surface area contributed by atoms with E-state index in [1.54, 1.807) is 7.05 Å². The minimum atomic E-state index is -0.702. The van der Waals surface area contributed by atoms with E-state index in [4.69, 9.17) is 9.47 Å². The van der Waals surface area contributed by atoms with Crippen molar-refractivity contribution in [3.63, 3.8) is 0 Å². The van der Waals surface area contributed by atoms with Gasteiger partial charge in [-0.15, -0.1) is 0 Å². The molecule has 1 aromatic heterocycles. The highest BCUT2D eigenvalue weighted by Gasteiger charge is 2.24. The predicted molar refractivity (Wildman–Crippen MR) is 106 cm³/mol. The Hall–Kier alpha value is -3.41. The lowest BCUT2D eigenvalue weighted by atomic mass is 9.88. The second kappa shape index (κ2) is 8.52. The van der Waals surface area contributed by atoms with Gasteiger partial charge in [-0.1, -0.05) is 60.7 Å². The van der Waals surface area contributed by atoms with Crippen molar-refractivity contribution in [3.05, 3.63) is 93.7 Å². The molecule has 0 N–H and O–H groups in total. The third-order valence-corrected chi connectivity index (χ3v) is 4.72. The summed E-state index contributed by atoms with van der Waals surface area (Å²) in [4.78, 5) is 29.3. The number of benzene rings is 2. The minimum absolute atomic E-state index is 0.0283. The Morgan fingerprint density at radius 1 is 1.00 bits per heavy atom. The highest BCUT2D eigenvalue weighted by molar-refractivity contribution is 5.90. The molecule has 1 heterocycles. The van der Waals surface area contributed by atoms with Crippen molar-refractivity contribution in [2.45, 2.75) is 12.3 Å². The van der Waals surface area contributed by atoms with Gasteiger partial charge in [-0.05, 0) is 11.1 Å². The van der Waals surface area contributed by atoms with E-state index in [0.29, 0.717) is 12.2 Å². The maximum absolute atomic E-state index is 12.7. The summed E-state index contributed by atoms with van der Waals surface area (Å²) in [5.41, 5.74) is 1.66. The number of carbonyl (C=O) groups excluding carboxylic acids is 1. The summed E-state index contributed by atoms with van der Waals surface area (Å²) in [6.45, 7) is 0. The van der Waals surface area contributed by atoms with Gasteiger partial charge in [0.25, 0.3) is 5.56 Å². The van der Waals surface area contributed by atoms with Gasteiger partial charge in [-0.2, -0.15) is 0 Å². The molecule has 28 heavy (non-hydrogen) atoms. The molecule has 3 rings (SSSR count). The number of rotatable bonds is 6. The van der Waals surface area contributed by atoms with E-state index < -0.39 is 11.5 Å². The lowest BCUT2D eigenvalue weighted by molar-refractivity contribution is 0.0588. The molecule has 0 atom stereocenters. The molecule has 0 aliphatic rings. The van der Waals surface area contributed by atoms with Gasteiger partial charge >= 0.3 is 5.97 Å². The number of aromatic nitrogens is 2. The number of hydrogen-bond acceptors (Lipinski definition) is 5. The van der Waals surface area contributed by atoms with Crippen molar-refractivity contribution in [2.75, 3.05) is 14.2 Å². The van der Waals surface area contributed by atoms with Crippen LogP contribution in [0.15, 0.2) is 65.5 Å². The Morgan fingerprint density at radius 2 is 1.54 bits per heavy atom. The smallest absolute Gasteiger partial charge is 0.360 e. The summed E-state index contributed by atoms with van der Waals surface area (Å²) in [5.74, 6) is -0.371. The SMILES string of the molecule is COC(=O)c1nc(CC(c2ccccc2)c2ccccc2)n(C)c(=O)c1OC. The Labute approximate surface area is 163 Å². The standard InChI is InChI=1S/C22H22N2O4/c1-24-18(23-19(22(26)28-3)20(27-2)21(24)25)14-17(15-10-6-4-7-11-15)16-12-8-5-9-13-16/h4-13,17H,14H2,1-3H3. The van der Waals surface area contributed by atoms with Gasteiger partial charge in [0.05, 0.1) is 14.2 Å². The largest absolute Gasteiger partial charge is 0.489 e. The molecule has 0 bridgehead atoms. The Balaban J connectivity index is 2.12. The zero-order valence-corrected chi connectivity index (χ0v) is 16.1. The van der Waals surface area contributed by atoms with Crippen molar-refractivity contribution < 1.29 is 14.3 Å². The van der Waals surface area contributed by atoms with Gasteiger partial charge < -0.3 is 9.47 Å². The number of methoxy groups -OCH3 is 2. The number of hydrogen-bond donors (Lipinski definition) is 0. The Morgan fingerprint density at radius 3 is 2.00 bits per heavy atom. The highest BCUT2D eigenvalue weighted by Crippen LogP contribution is 2.28. The van der Waals surface area contributed by atoms with Crippen LogP contribution in [0.1, 0.15) is 33.4 Å². The molecule has 0 unspecified atom stereocenters. The van der Waals surface area contributed by atoms with Gasteiger partial charge in [0.15, 0.2) is 5.69 Å². The Bertz CT molecular complexity index is 974. The lowest BCUT2D eigenvalue weighted by Crippen LogP contribution is -2.28. The minimum Gasteiger partial charge on any atom is -0.489 e. The van der Waals surface area contributed by atoms with Crippen molar-refractivity contribution in [1.29, 1.82) is 0 Å². The van der Waals surface area contributed by atoms with Crippen LogP contribution in [0, 0.1) is 0 Å². The van der Waals surface area contributed by atoms with E-state index in [2.05, 4.69) is 4.98 Å². The fourth-order valence-electron chi connectivity index (χ4n) is 3.21. The summed E-state index contributed by atoms with van der Waals surface area (Å²) in [6, 6.07) is 20.0. The summed E-state index contributed by atoms with van der Waals surface area (Å²) in [7, 11) is 4.21. The first-order valence-electron chi connectivity index (χ1n) is 8.89. The molecule has 6 heteroatoms. The second-order valence-electron chi connectivity index (χ2n) is 6.34. The van der Waals surface area contributed by atoms with Gasteiger partial charge in [0.2, 0.25) is 5.75 Å². The van der Waals surface area contributed by atoms with E-state index >= 15 is 0 Å². The number of nitrogens with zero attached hydrogens (tertiary/aromatic N) is 2. The van der Waals surface area contributed by atoms with Gasteiger partial charge in [-0.25, -0.2) is 9.78 Å². The first-order valence-corrected chi connectivity index (χ1v) is 8.89. The second-order valence-corrected chi connectivity index (χ2v) is 6.34. The molecule has 0 aliphatic heterocycles. The summed E-state index contributed by atoms with van der Waals surface area (Å²) in [5, 5.41) is 0. The fraction of sp³-hybridized carbons (Fsp3) is 0.227. The van der Waals surface area contributed by atoms with Crippen LogP contribution < -0.4 is 10.3 Å². The van der Waals surface area contributed by atoms with Crippen molar-refractivity contribution >= 4 is 5.97 Å². The predicted octanol–water partition coefficient (Wildman–Crippen LogP) is 2.95. The number of esters is 1. The van der Waals surface area contributed by atoms with E-state index in [0.717, 1.165) is 11.1 Å². The van der Waals surface area contributed by atoms with Gasteiger partial charge in [0, 0.05) is 19.4 Å². The maximum Gasteiger partial charge on any atom is 0.360 e. The molecule has 3 aromatic rings. The van der Waals surface area contributed by atoms with Crippen LogP contribution in [0.2, 0.25) is 0 Å². The lowest BCUT2D eigenvalue weighted by Gasteiger charge is -2.20. The maximum atomic E-state index is 12.7. The molecule has 0 radical (unpaired) electrons. The van der Waals surface area contributed by atoms with Crippen LogP contribution in [0.25, 0.3) is 0 Å². The Kier molecular flexibility index (Phi) is 5.89. The molecule has 0 saturated heterocycles. The highest BCUT2D eigenvalue weighted by atomic mass is 16.5. The van der Waals surface area contributed by atoms with Crippen LogP contribution >= 0.6 is 0 Å². The third-order valence-electron chi connectivity index (χ3n) is 4.72. The number of carbonyl (C=O) groups is 1. The average molecular weight is 378 g/mol. The van der Waals surface area contributed by atoms with Gasteiger partial charge in [0.1, 0.15) is 5.82 Å². The van der Waals surface area contributed by atoms with Crippen molar-refractivity contribution in [3.8, 4) is 5.75 Å². The molecule has 0 amide bonds. The van der Waals surface area contributed by atoms with Gasteiger partial charge in [-0.3, -0.25) is 9.36 Å². The zero-order chi connectivity index (χ0) is 20.1. The average Bonchev–Trinajstić information content (AvgIpc) is 2.75. The van der Waals surface area contributed by atoms with E-state index in [9.17, 15) is 9.59 Å². The summed E-state index contributed by atoms with van der Waals surface area (Å²) >= 11 is 0. The van der Waals surface area contributed by atoms with Crippen LogP contribution in [0.3, 0.4) is 0 Å². The van der Waals surface area contributed by atoms with E-state index in [1.165, 1.54) is 18.8 Å². The molecule has 0 saturated carbocycles. The topological polar surface area (TPSA) is 70.4 Å². The van der Waals surface area contributed by atoms with Crippen LogP contribution in [0.4, 0.5) is 0 Å². The molecule has 0 fully saturated rings. The quantitative estimate of drug-likeness (QED) is 0.617. The zero-order valence-electron chi connectivity index (χ0n) is 16.1. The molecular weight excluding hydrogens is 356 g/mol. The molecule has 144 valence electrons. The molecular formula is C22H22N2O4. The first-order chi connectivity index (χ1) is 13.6. The molecule has 0 spiro atoms. The van der Waals surface area contributed by atoms with Crippen molar-refractivity contribution in [2.24, 2.45) is 7.05 Å². The number of ether oxygens (including phenoxy) is 2. The van der Waals surface area contributed by atoms with Crippen LogP contribution in [0.5, 0.6) is 5.75 Å². The molecule has 0 aliphatic carbocycles. The first kappa shape index (κ1) is 19.4. The van der Waals surface area contributed by atoms with Crippen LogP contribution in [-0.4, -0.2) is 29.7 Å². The molecule has 6 nitrogen and oxygen atoms in total.